The molecule has 0 heterocycles. The van der Waals surface area contributed by atoms with Crippen LogP contribution in [0.25, 0.3) is 5.20 Å². The lowest BCUT2D eigenvalue weighted by molar-refractivity contribution is 0.0893. The van der Waals surface area contributed by atoms with Gasteiger partial charge in [0, 0.05) is 10.6 Å². The van der Waals surface area contributed by atoms with Gasteiger partial charge in [0.2, 0.25) is 0 Å². The second-order valence-corrected chi connectivity index (χ2v) is 12.4. The van der Waals surface area contributed by atoms with Crippen LogP contribution in [-0.4, -0.2) is 13.9 Å². The lowest BCUT2D eigenvalue weighted by atomic mass is 9.72. The topological polar surface area (TPSA) is 40.9 Å². The first-order valence-corrected chi connectivity index (χ1v) is 11.2. The molecule has 0 bridgehead atoms. The van der Waals surface area contributed by atoms with Crippen LogP contribution < -0.4 is 0 Å². The Bertz CT molecular complexity index is 723. The van der Waals surface area contributed by atoms with Crippen LogP contribution in [0.5, 0.6) is 0 Å². The number of nitriles is 1. The number of hydrogen-bond donors (Lipinski definition) is 0. The number of carbonyl (C=O) groups excluding carboxylic acids is 1. The van der Waals surface area contributed by atoms with Crippen LogP contribution in [0.4, 0.5) is 0 Å². The lowest BCUT2D eigenvalue weighted by Crippen LogP contribution is -2.38. The Morgan fingerprint density at radius 2 is 2.00 bits per heavy atom. The predicted molar refractivity (Wildman–Crippen MR) is 87.9 cm³/mol. The smallest absolute Gasteiger partial charge is 0.187 e. The fraction of sp³-hybridized carbons (Fsp3) is 0.412. The molecule has 2 aliphatic carbocycles. The van der Waals surface area contributed by atoms with E-state index in [1.165, 1.54) is 5.20 Å². The van der Waals surface area contributed by atoms with Crippen molar-refractivity contribution in [2.75, 3.05) is 0 Å². The van der Waals surface area contributed by atoms with Crippen LogP contribution in [0.15, 0.2) is 23.8 Å². The van der Waals surface area contributed by atoms with Gasteiger partial charge in [-0.25, -0.2) is 0 Å². The van der Waals surface area contributed by atoms with Crippen molar-refractivity contribution in [1.82, 2.24) is 0 Å². The number of Topliss-reactive ketones (excluding diaryl/α,β-unsaturated/α-hetero) is 1. The van der Waals surface area contributed by atoms with Gasteiger partial charge in [0.05, 0.1) is 14.1 Å². The van der Waals surface area contributed by atoms with Crippen molar-refractivity contribution >= 4 is 30.7 Å². The summed E-state index contributed by atoms with van der Waals surface area (Å²) in [7, 11) is -1.69. The van der Waals surface area contributed by atoms with Gasteiger partial charge in [0.15, 0.2) is 5.78 Å². The molecule has 0 aliphatic heterocycles. The van der Waals surface area contributed by atoms with E-state index in [1.807, 2.05) is 6.07 Å². The zero-order chi connectivity index (χ0) is 15.4. The van der Waals surface area contributed by atoms with Gasteiger partial charge in [-0.3, -0.25) is 4.79 Å². The summed E-state index contributed by atoms with van der Waals surface area (Å²) >= 11 is 6.17. The van der Waals surface area contributed by atoms with Gasteiger partial charge in [-0.1, -0.05) is 36.4 Å². The molecule has 1 atom stereocenters. The maximum Gasteiger partial charge on any atom is 0.187 e. The first kappa shape index (κ1) is 14.6. The summed E-state index contributed by atoms with van der Waals surface area (Å²) in [6.45, 7) is 6.82. The SMILES string of the molecule is C[Si](C)(C)C1=C2CCC[C@@]2(C#N)C(=O)c2ccc(Cl)cc21. The summed E-state index contributed by atoms with van der Waals surface area (Å²) in [6.07, 6.45) is 2.45. The first-order valence-electron chi connectivity index (χ1n) is 7.31. The second-order valence-electron chi connectivity index (χ2n) is 6.99. The number of halogens is 1. The van der Waals surface area contributed by atoms with E-state index in [0.717, 1.165) is 24.0 Å². The molecule has 0 radical (unpaired) electrons. The summed E-state index contributed by atoms with van der Waals surface area (Å²) in [6, 6.07) is 7.84. The quantitative estimate of drug-likeness (QED) is 0.694. The Labute approximate surface area is 131 Å². The van der Waals surface area contributed by atoms with Crippen LogP contribution in [0, 0.1) is 16.7 Å². The van der Waals surface area contributed by atoms with Gasteiger partial charge in [-0.2, -0.15) is 5.26 Å². The fourth-order valence-corrected chi connectivity index (χ4v) is 6.26. The minimum absolute atomic E-state index is 0.0221. The van der Waals surface area contributed by atoms with Crippen LogP contribution >= 0.6 is 11.6 Å². The molecule has 21 heavy (non-hydrogen) atoms. The van der Waals surface area contributed by atoms with Gasteiger partial charge in [0.25, 0.3) is 0 Å². The summed E-state index contributed by atoms with van der Waals surface area (Å²) < 4.78 is 0. The van der Waals surface area contributed by atoms with Crippen molar-refractivity contribution in [2.45, 2.75) is 38.9 Å². The van der Waals surface area contributed by atoms with E-state index in [9.17, 15) is 10.1 Å². The molecule has 1 saturated carbocycles. The molecule has 1 aromatic carbocycles. The van der Waals surface area contributed by atoms with Crippen LogP contribution in [-0.2, 0) is 0 Å². The standard InChI is InChI=1S/C17H18ClNOSi/c1-21(2,3)15-13-9-11(18)6-7-12(13)16(20)17(10-19)8-4-5-14(15)17/h6-7,9H,4-5,8H2,1-3H3/t17-/m0/s1. The number of benzene rings is 1. The number of allylic oxidation sites excluding steroid dienone is 1. The number of ketones is 1. The molecule has 0 unspecified atom stereocenters. The lowest BCUT2D eigenvalue weighted by Gasteiger charge is -2.36. The second kappa shape index (κ2) is 4.56. The van der Waals surface area contributed by atoms with Gasteiger partial charge in [0.1, 0.15) is 5.41 Å². The molecular formula is C17H18ClNOSi. The third-order valence-corrected chi connectivity index (χ3v) is 6.93. The number of hydrogen-bond acceptors (Lipinski definition) is 2. The number of nitrogens with zero attached hydrogens (tertiary/aromatic N) is 1. The van der Waals surface area contributed by atoms with Crippen molar-refractivity contribution in [3.63, 3.8) is 0 Å². The highest BCUT2D eigenvalue weighted by Gasteiger charge is 2.52. The molecule has 3 rings (SSSR count). The van der Waals surface area contributed by atoms with Gasteiger partial charge in [-0.15, -0.1) is 0 Å². The molecule has 108 valence electrons. The zero-order valence-corrected chi connectivity index (χ0v) is 14.3. The zero-order valence-electron chi connectivity index (χ0n) is 12.6. The molecular weight excluding hydrogens is 298 g/mol. The Hall–Kier alpha value is -1.37. The highest BCUT2D eigenvalue weighted by Crippen LogP contribution is 2.54. The van der Waals surface area contributed by atoms with E-state index in [2.05, 4.69) is 25.7 Å². The van der Waals surface area contributed by atoms with Crippen LogP contribution in [0.3, 0.4) is 0 Å². The predicted octanol–water partition coefficient (Wildman–Crippen LogP) is 4.86. The average Bonchev–Trinajstić information content (AvgIpc) is 2.82. The molecule has 0 N–H and O–H groups in total. The molecule has 4 heteroatoms. The number of carbonyl (C=O) groups is 1. The largest absolute Gasteiger partial charge is 0.292 e. The van der Waals surface area contributed by atoms with E-state index >= 15 is 0 Å². The van der Waals surface area contributed by atoms with Gasteiger partial charge in [-0.05, 0) is 48.6 Å². The summed E-state index contributed by atoms with van der Waals surface area (Å²) in [4.78, 5) is 13.0. The molecule has 2 aliphatic rings. The van der Waals surface area contributed by atoms with Crippen molar-refractivity contribution < 1.29 is 4.79 Å². The monoisotopic (exact) mass is 315 g/mol. The highest BCUT2D eigenvalue weighted by molar-refractivity contribution is 6.94. The Balaban J connectivity index is 2.42. The maximum atomic E-state index is 13.0. The molecule has 0 amide bonds. The Kier molecular flexibility index (Phi) is 3.16. The average molecular weight is 316 g/mol. The van der Waals surface area contributed by atoms with E-state index < -0.39 is 13.5 Å². The minimum Gasteiger partial charge on any atom is -0.292 e. The van der Waals surface area contributed by atoms with Gasteiger partial charge >= 0.3 is 0 Å². The number of rotatable bonds is 1. The Morgan fingerprint density at radius 3 is 2.62 bits per heavy atom. The van der Waals surface area contributed by atoms with E-state index in [0.29, 0.717) is 17.0 Å². The van der Waals surface area contributed by atoms with Crippen LogP contribution in [0.2, 0.25) is 24.7 Å². The third-order valence-electron chi connectivity index (χ3n) is 4.62. The molecule has 1 aromatic rings. The minimum atomic E-state index is -1.69. The van der Waals surface area contributed by atoms with E-state index in [1.54, 1.807) is 12.1 Å². The van der Waals surface area contributed by atoms with Crippen molar-refractivity contribution in [2.24, 2.45) is 5.41 Å². The van der Waals surface area contributed by atoms with Gasteiger partial charge < -0.3 is 0 Å². The maximum absolute atomic E-state index is 13.0. The summed E-state index contributed by atoms with van der Waals surface area (Å²) in [5, 5.41) is 11.7. The summed E-state index contributed by atoms with van der Waals surface area (Å²) in [5.74, 6) is -0.0221. The molecule has 0 spiro atoms. The van der Waals surface area contributed by atoms with E-state index in [-0.39, 0.29) is 5.78 Å². The molecule has 1 fully saturated rings. The van der Waals surface area contributed by atoms with E-state index in [4.69, 9.17) is 11.6 Å². The van der Waals surface area contributed by atoms with Crippen LogP contribution in [0.1, 0.15) is 35.2 Å². The first-order chi connectivity index (χ1) is 9.81. The number of fused-ring (bicyclic) bond motifs is 2. The molecule has 0 aromatic heterocycles. The molecule has 2 nitrogen and oxygen atoms in total. The highest BCUT2D eigenvalue weighted by atomic mass is 35.5. The molecule has 0 saturated heterocycles. The normalized spacial score (nSPS) is 24.6. The van der Waals surface area contributed by atoms with Crippen molar-refractivity contribution in [3.05, 3.63) is 39.9 Å². The van der Waals surface area contributed by atoms with Crippen molar-refractivity contribution in [1.29, 1.82) is 5.26 Å². The third kappa shape index (κ3) is 1.93. The Morgan fingerprint density at radius 1 is 1.29 bits per heavy atom. The summed E-state index contributed by atoms with van der Waals surface area (Å²) in [5.41, 5.74) is 1.85. The fourth-order valence-electron chi connectivity index (χ4n) is 3.83. The van der Waals surface area contributed by atoms with Crippen molar-refractivity contribution in [3.8, 4) is 6.07 Å².